The highest BCUT2D eigenvalue weighted by Gasteiger charge is 2.24. The molecule has 0 radical (unpaired) electrons. The van der Waals surface area contributed by atoms with E-state index in [1.807, 2.05) is 74.1 Å². The Labute approximate surface area is 152 Å². The highest BCUT2D eigenvalue weighted by molar-refractivity contribution is 8.00. The molecule has 1 amide bonds. The quantitative estimate of drug-likeness (QED) is 0.688. The number of aromatic nitrogens is 2. The average molecular weight is 351 g/mol. The number of hydrogen-bond donors (Lipinski definition) is 1. The van der Waals surface area contributed by atoms with Crippen molar-refractivity contribution in [3.63, 3.8) is 0 Å². The van der Waals surface area contributed by atoms with Crippen LogP contribution in [0.1, 0.15) is 21.9 Å². The third kappa shape index (κ3) is 4.31. The number of amides is 1. The molecule has 0 saturated heterocycles. The molecule has 4 nitrogen and oxygen atoms in total. The smallest absolute Gasteiger partial charge is 0.242 e. The number of anilines is 1. The molecule has 1 aromatic heterocycles. The lowest BCUT2D eigenvalue weighted by atomic mass is 10.1. The average Bonchev–Trinajstić information content (AvgIpc) is 2.97. The van der Waals surface area contributed by atoms with Crippen molar-refractivity contribution in [2.45, 2.75) is 24.3 Å². The third-order valence-electron chi connectivity index (χ3n) is 3.83. The molecule has 0 unspecified atom stereocenters. The lowest BCUT2D eigenvalue weighted by Gasteiger charge is -2.17. The summed E-state index contributed by atoms with van der Waals surface area (Å²) in [5.74, 6) is -0.0517. The number of imidazole rings is 1. The molecule has 2 aromatic carbocycles. The van der Waals surface area contributed by atoms with Crippen LogP contribution in [0.25, 0.3) is 0 Å². The molecule has 0 aliphatic rings. The van der Waals surface area contributed by atoms with Crippen molar-refractivity contribution >= 4 is 23.4 Å². The van der Waals surface area contributed by atoms with Gasteiger partial charge in [-0.2, -0.15) is 0 Å². The second-order valence-corrected chi connectivity index (χ2v) is 7.17. The molecular formula is C20H21N3OS. The topological polar surface area (TPSA) is 46.9 Å². The summed E-state index contributed by atoms with van der Waals surface area (Å²) in [6.07, 6.45) is 3.62. The second kappa shape index (κ2) is 7.57. The van der Waals surface area contributed by atoms with Crippen LogP contribution in [0.15, 0.2) is 66.1 Å². The molecule has 25 heavy (non-hydrogen) atoms. The lowest BCUT2D eigenvalue weighted by molar-refractivity contribution is -0.115. The van der Waals surface area contributed by atoms with Crippen LogP contribution in [-0.4, -0.2) is 15.5 Å². The molecule has 0 bridgehead atoms. The zero-order valence-electron chi connectivity index (χ0n) is 14.6. The summed E-state index contributed by atoms with van der Waals surface area (Å²) in [4.78, 5) is 17.3. The molecule has 3 rings (SSSR count). The monoisotopic (exact) mass is 351 g/mol. The summed E-state index contributed by atoms with van der Waals surface area (Å²) in [5.41, 5.74) is 4.04. The van der Waals surface area contributed by atoms with Crippen LogP contribution >= 0.6 is 11.8 Å². The molecule has 0 saturated carbocycles. The number of carbonyl (C=O) groups is 1. The fourth-order valence-corrected chi connectivity index (χ4v) is 3.75. The van der Waals surface area contributed by atoms with Crippen LogP contribution in [0.3, 0.4) is 0 Å². The van der Waals surface area contributed by atoms with E-state index in [0.717, 1.165) is 27.5 Å². The summed E-state index contributed by atoms with van der Waals surface area (Å²) in [6, 6.07) is 15.9. The van der Waals surface area contributed by atoms with E-state index >= 15 is 0 Å². The zero-order chi connectivity index (χ0) is 17.8. The van der Waals surface area contributed by atoms with Crippen molar-refractivity contribution < 1.29 is 4.79 Å². The van der Waals surface area contributed by atoms with Gasteiger partial charge in [0.25, 0.3) is 0 Å². The van der Waals surface area contributed by atoms with Crippen molar-refractivity contribution in [2.24, 2.45) is 7.05 Å². The predicted octanol–water partition coefficient (Wildman–Crippen LogP) is 4.51. The minimum atomic E-state index is -0.372. The fraction of sp³-hybridized carbons (Fsp3) is 0.200. The summed E-state index contributed by atoms with van der Waals surface area (Å²) >= 11 is 1.45. The van der Waals surface area contributed by atoms with E-state index in [2.05, 4.69) is 16.4 Å². The van der Waals surface area contributed by atoms with E-state index in [4.69, 9.17) is 0 Å². The lowest BCUT2D eigenvalue weighted by Crippen LogP contribution is -2.19. The number of nitrogens with one attached hydrogen (secondary N) is 1. The predicted molar refractivity (Wildman–Crippen MR) is 103 cm³/mol. The first-order valence-electron chi connectivity index (χ1n) is 8.11. The van der Waals surface area contributed by atoms with Crippen LogP contribution in [0.5, 0.6) is 0 Å². The Bertz CT molecular complexity index is 853. The molecule has 0 fully saturated rings. The Morgan fingerprint density at radius 3 is 2.40 bits per heavy atom. The maximum Gasteiger partial charge on any atom is 0.242 e. The SMILES string of the molecule is Cc1cc(C)cc(NC(=O)[C@@H](Sc2nccn2C)c2ccccc2)c1. The van der Waals surface area contributed by atoms with Crippen molar-refractivity contribution in [2.75, 3.05) is 5.32 Å². The molecule has 1 atom stereocenters. The van der Waals surface area contributed by atoms with Gasteiger partial charge in [0.15, 0.2) is 5.16 Å². The van der Waals surface area contributed by atoms with Crippen LogP contribution in [0.2, 0.25) is 0 Å². The minimum absolute atomic E-state index is 0.0517. The molecule has 1 N–H and O–H groups in total. The molecule has 3 aromatic rings. The first-order valence-corrected chi connectivity index (χ1v) is 8.99. The number of rotatable bonds is 5. The van der Waals surface area contributed by atoms with Gasteiger partial charge in [-0.05, 0) is 42.7 Å². The number of thioether (sulfide) groups is 1. The van der Waals surface area contributed by atoms with Gasteiger partial charge >= 0.3 is 0 Å². The van der Waals surface area contributed by atoms with Crippen molar-refractivity contribution in [3.8, 4) is 0 Å². The van der Waals surface area contributed by atoms with Gasteiger partial charge in [0.2, 0.25) is 5.91 Å². The van der Waals surface area contributed by atoms with E-state index in [-0.39, 0.29) is 11.2 Å². The molecule has 128 valence electrons. The highest BCUT2D eigenvalue weighted by atomic mass is 32.2. The number of hydrogen-bond acceptors (Lipinski definition) is 3. The Kier molecular flexibility index (Phi) is 5.24. The maximum atomic E-state index is 13.0. The van der Waals surface area contributed by atoms with Gasteiger partial charge in [0.05, 0.1) is 0 Å². The fourth-order valence-electron chi connectivity index (χ4n) is 2.73. The standard InChI is InChI=1S/C20H21N3OS/c1-14-11-15(2)13-17(12-14)22-19(24)18(16-7-5-4-6-8-16)25-20-21-9-10-23(20)3/h4-13,18H,1-3H3,(H,22,24)/t18-/m0/s1. The Morgan fingerprint density at radius 1 is 1.12 bits per heavy atom. The molecule has 5 heteroatoms. The van der Waals surface area contributed by atoms with Gasteiger partial charge in [-0.3, -0.25) is 4.79 Å². The summed E-state index contributed by atoms with van der Waals surface area (Å²) in [6.45, 7) is 4.06. The van der Waals surface area contributed by atoms with Gasteiger partial charge in [-0.15, -0.1) is 0 Å². The van der Waals surface area contributed by atoms with Gasteiger partial charge in [-0.25, -0.2) is 4.98 Å². The van der Waals surface area contributed by atoms with E-state index < -0.39 is 0 Å². The zero-order valence-corrected chi connectivity index (χ0v) is 15.4. The number of benzene rings is 2. The summed E-state index contributed by atoms with van der Waals surface area (Å²) < 4.78 is 1.92. The Balaban J connectivity index is 1.88. The van der Waals surface area contributed by atoms with E-state index in [0.29, 0.717) is 0 Å². The molecule has 0 aliphatic carbocycles. The molecule has 1 heterocycles. The minimum Gasteiger partial charge on any atom is -0.329 e. The summed E-state index contributed by atoms with van der Waals surface area (Å²) in [7, 11) is 1.93. The van der Waals surface area contributed by atoms with Gasteiger partial charge in [-0.1, -0.05) is 48.2 Å². The largest absolute Gasteiger partial charge is 0.329 e. The normalized spacial score (nSPS) is 12.0. The van der Waals surface area contributed by atoms with Gasteiger partial charge in [0.1, 0.15) is 5.25 Å². The van der Waals surface area contributed by atoms with E-state index in [9.17, 15) is 4.79 Å². The van der Waals surface area contributed by atoms with Gasteiger partial charge < -0.3 is 9.88 Å². The highest BCUT2D eigenvalue weighted by Crippen LogP contribution is 2.35. The third-order valence-corrected chi connectivity index (χ3v) is 5.16. The number of carbonyl (C=O) groups excluding carboxylic acids is 1. The van der Waals surface area contributed by atoms with E-state index in [1.54, 1.807) is 6.20 Å². The number of aryl methyl sites for hydroxylation is 3. The van der Waals surface area contributed by atoms with Crippen LogP contribution < -0.4 is 5.32 Å². The molecule has 0 aliphatic heterocycles. The van der Waals surface area contributed by atoms with Crippen LogP contribution in [0, 0.1) is 13.8 Å². The maximum absolute atomic E-state index is 13.0. The second-order valence-electron chi connectivity index (χ2n) is 6.09. The van der Waals surface area contributed by atoms with Gasteiger partial charge in [0, 0.05) is 25.1 Å². The Morgan fingerprint density at radius 2 is 1.80 bits per heavy atom. The molecular weight excluding hydrogens is 330 g/mol. The Hall–Kier alpha value is -2.53. The van der Waals surface area contributed by atoms with Crippen molar-refractivity contribution in [1.29, 1.82) is 0 Å². The van der Waals surface area contributed by atoms with Crippen molar-refractivity contribution in [3.05, 3.63) is 77.6 Å². The first-order chi connectivity index (χ1) is 12.0. The van der Waals surface area contributed by atoms with Crippen LogP contribution in [0.4, 0.5) is 5.69 Å². The first kappa shape index (κ1) is 17.3. The van der Waals surface area contributed by atoms with E-state index in [1.165, 1.54) is 11.8 Å². The van der Waals surface area contributed by atoms with Crippen molar-refractivity contribution in [1.82, 2.24) is 9.55 Å². The molecule has 0 spiro atoms. The van der Waals surface area contributed by atoms with Crippen LogP contribution in [-0.2, 0) is 11.8 Å². The summed E-state index contributed by atoms with van der Waals surface area (Å²) in [5, 5.41) is 3.49. The number of nitrogens with zero attached hydrogens (tertiary/aromatic N) is 2.